The van der Waals surface area contributed by atoms with E-state index in [-0.39, 0.29) is 5.91 Å². The first-order valence-electron chi connectivity index (χ1n) is 8.32. The third-order valence-corrected chi connectivity index (χ3v) is 11.8. The van der Waals surface area contributed by atoms with E-state index >= 15 is 0 Å². The van der Waals surface area contributed by atoms with Gasteiger partial charge in [0.2, 0.25) is 0 Å². The minimum Gasteiger partial charge on any atom is -0.434 e. The lowest BCUT2D eigenvalue weighted by atomic mass is 10.2. The van der Waals surface area contributed by atoms with Gasteiger partial charge in [0, 0.05) is 12.1 Å². The van der Waals surface area contributed by atoms with Crippen LogP contribution in [0.4, 0.5) is 0 Å². The molecule has 0 bridgehead atoms. The van der Waals surface area contributed by atoms with Gasteiger partial charge in [-0.3, -0.25) is 4.79 Å². The molecule has 0 spiro atoms. The average molecular weight is 382 g/mol. The Morgan fingerprint density at radius 1 is 0.958 bits per heavy atom. The predicted molar refractivity (Wildman–Crippen MR) is 108 cm³/mol. The van der Waals surface area contributed by atoms with E-state index in [1.54, 1.807) is 12.1 Å². The van der Waals surface area contributed by atoms with E-state index < -0.39 is 25.2 Å². The fourth-order valence-electron chi connectivity index (χ4n) is 2.42. The van der Waals surface area contributed by atoms with Gasteiger partial charge in [0.25, 0.3) is 5.91 Å². The van der Waals surface area contributed by atoms with Crippen molar-refractivity contribution in [2.45, 2.75) is 45.8 Å². The van der Waals surface area contributed by atoms with Crippen LogP contribution in [0.25, 0.3) is 0 Å². The number of carbonyl (C=O) groups excluding carboxylic acids is 1. The molecule has 0 radical (unpaired) electrons. The lowest BCUT2D eigenvalue weighted by Crippen LogP contribution is -2.51. The van der Waals surface area contributed by atoms with Gasteiger partial charge in [-0.25, -0.2) is 0 Å². The second kappa shape index (κ2) is 8.39. The molecule has 1 amide bonds. The molecule has 0 saturated carbocycles. The molecule has 0 fully saturated rings. The van der Waals surface area contributed by atoms with E-state index in [4.69, 9.17) is 8.23 Å². The zero-order valence-electron chi connectivity index (χ0n) is 16.0. The first-order chi connectivity index (χ1) is 10.9. The van der Waals surface area contributed by atoms with E-state index in [2.05, 4.69) is 56.8 Å². The van der Waals surface area contributed by atoms with Crippen molar-refractivity contribution in [1.82, 2.24) is 5.32 Å². The highest BCUT2D eigenvalue weighted by atomic mass is 28.5. The van der Waals surface area contributed by atoms with Gasteiger partial charge in [0.05, 0.1) is 0 Å². The number of carbonyl (C=O) groups is 1. The van der Waals surface area contributed by atoms with Crippen LogP contribution in [0.15, 0.2) is 42.1 Å². The Hall–Kier alpha value is -0.999. The second-order valence-electron chi connectivity index (χ2n) is 7.92. The highest BCUT2D eigenvalue weighted by Gasteiger charge is 2.38. The number of benzene rings is 1. The van der Waals surface area contributed by atoms with Crippen LogP contribution in [0.5, 0.6) is 0 Å². The topological polar surface area (TPSA) is 47.6 Å². The summed E-state index contributed by atoms with van der Waals surface area (Å²) in [5, 5.41) is 2.91. The molecule has 0 aromatic heterocycles. The van der Waals surface area contributed by atoms with Crippen LogP contribution in [-0.4, -0.2) is 37.6 Å². The fraction of sp³-hybridized carbons (Fsp3) is 0.471. The summed E-state index contributed by atoms with van der Waals surface area (Å²) in [6.45, 7) is 15.6. The molecule has 1 N–H and O–H groups in total. The van der Waals surface area contributed by atoms with Gasteiger partial charge in [0.1, 0.15) is 0 Å². The van der Waals surface area contributed by atoms with Crippen LogP contribution in [0.1, 0.15) is 10.4 Å². The summed E-state index contributed by atoms with van der Waals surface area (Å²) < 4.78 is 12.8. The van der Waals surface area contributed by atoms with Crippen molar-refractivity contribution in [3.05, 3.63) is 47.7 Å². The number of hydrogen-bond donors (Lipinski definition) is 1. The molecular formula is C17H31NO3Si3. The van der Waals surface area contributed by atoms with Crippen LogP contribution in [-0.2, 0) is 8.23 Å². The number of nitrogens with one attached hydrogen (secondary N) is 1. The molecule has 1 rings (SSSR count). The second-order valence-corrected chi connectivity index (χ2v) is 20.4. The third kappa shape index (κ3) is 8.74. The SMILES string of the molecule is C[Si](C)(C)O[Si](C)(/C=C/CNC(=O)c1ccccc1)O[Si](C)(C)C. The number of amides is 1. The van der Waals surface area contributed by atoms with Crippen molar-refractivity contribution in [2.75, 3.05) is 6.54 Å². The summed E-state index contributed by atoms with van der Waals surface area (Å²) in [7, 11) is -5.79. The third-order valence-electron chi connectivity index (χ3n) is 2.85. The highest BCUT2D eigenvalue weighted by molar-refractivity contribution is 6.89. The van der Waals surface area contributed by atoms with Gasteiger partial charge >= 0.3 is 8.56 Å². The van der Waals surface area contributed by atoms with Crippen molar-refractivity contribution >= 4 is 31.1 Å². The highest BCUT2D eigenvalue weighted by Crippen LogP contribution is 2.21. The molecule has 0 aliphatic carbocycles. The Morgan fingerprint density at radius 2 is 1.46 bits per heavy atom. The summed E-state index contributed by atoms with van der Waals surface area (Å²) in [4.78, 5) is 12.0. The Bertz CT molecular complexity index is 547. The first kappa shape index (κ1) is 21.0. The maximum Gasteiger partial charge on any atom is 0.341 e. The zero-order valence-corrected chi connectivity index (χ0v) is 19.0. The first-order valence-corrected chi connectivity index (χ1v) is 17.5. The van der Waals surface area contributed by atoms with Crippen molar-refractivity contribution in [3.63, 3.8) is 0 Å². The largest absolute Gasteiger partial charge is 0.434 e. The zero-order chi connectivity index (χ0) is 18.4. The smallest absolute Gasteiger partial charge is 0.341 e. The van der Waals surface area contributed by atoms with Gasteiger partial charge in [-0.15, -0.1) is 0 Å². The van der Waals surface area contributed by atoms with Crippen LogP contribution in [0.3, 0.4) is 0 Å². The molecule has 0 unspecified atom stereocenters. The molecule has 0 heterocycles. The molecule has 1 aromatic carbocycles. The molecule has 24 heavy (non-hydrogen) atoms. The number of rotatable bonds is 8. The summed E-state index contributed by atoms with van der Waals surface area (Å²) in [6, 6.07) is 9.23. The molecule has 0 atom stereocenters. The molecule has 1 aromatic rings. The Morgan fingerprint density at radius 3 is 1.92 bits per heavy atom. The standard InChI is InChI=1S/C17H31NO3Si3/c1-22(2,3)20-24(7,21-23(4,5)6)15-11-14-18-17(19)16-12-9-8-10-13-16/h8-13,15H,14H2,1-7H3,(H,18,19)/b15-11+. The molecule has 0 aliphatic heterocycles. The Labute approximate surface area is 149 Å². The van der Waals surface area contributed by atoms with Gasteiger partial charge in [-0.2, -0.15) is 0 Å². The lowest BCUT2D eigenvalue weighted by molar-refractivity contribution is 0.0958. The van der Waals surface area contributed by atoms with Crippen molar-refractivity contribution in [1.29, 1.82) is 0 Å². The van der Waals surface area contributed by atoms with Crippen LogP contribution >= 0.6 is 0 Å². The van der Waals surface area contributed by atoms with Gasteiger partial charge in [0.15, 0.2) is 16.6 Å². The normalized spacial score (nSPS) is 13.3. The summed E-state index contributed by atoms with van der Waals surface area (Å²) in [6.07, 6.45) is 1.97. The molecule has 7 heteroatoms. The van der Waals surface area contributed by atoms with E-state index in [9.17, 15) is 4.79 Å². The maximum absolute atomic E-state index is 12.0. The fourth-order valence-corrected chi connectivity index (χ4v) is 13.8. The molecule has 0 aliphatic rings. The lowest BCUT2D eigenvalue weighted by Gasteiger charge is -2.36. The van der Waals surface area contributed by atoms with Crippen LogP contribution in [0.2, 0.25) is 45.8 Å². The van der Waals surface area contributed by atoms with Gasteiger partial charge in [-0.1, -0.05) is 24.3 Å². The van der Waals surface area contributed by atoms with E-state index in [0.717, 1.165) is 0 Å². The van der Waals surface area contributed by atoms with Gasteiger partial charge in [-0.05, 0) is 63.7 Å². The predicted octanol–water partition coefficient (Wildman–Crippen LogP) is 4.29. The molecule has 134 valence electrons. The monoisotopic (exact) mass is 381 g/mol. The Balaban J connectivity index is 2.69. The van der Waals surface area contributed by atoms with Crippen molar-refractivity contribution in [2.24, 2.45) is 0 Å². The molecular weight excluding hydrogens is 350 g/mol. The molecule has 0 saturated heterocycles. The summed E-state index contributed by atoms with van der Waals surface area (Å²) >= 11 is 0. The van der Waals surface area contributed by atoms with E-state index in [1.165, 1.54) is 0 Å². The van der Waals surface area contributed by atoms with Crippen molar-refractivity contribution < 1.29 is 13.0 Å². The summed E-state index contributed by atoms with van der Waals surface area (Å²) in [5.41, 5.74) is 2.73. The average Bonchev–Trinajstić information content (AvgIpc) is 2.40. The Kier molecular flexibility index (Phi) is 7.36. The van der Waals surface area contributed by atoms with E-state index in [1.807, 2.05) is 24.3 Å². The molecule has 4 nitrogen and oxygen atoms in total. The van der Waals surface area contributed by atoms with Crippen LogP contribution < -0.4 is 5.32 Å². The number of hydrogen-bond acceptors (Lipinski definition) is 3. The van der Waals surface area contributed by atoms with Crippen LogP contribution in [0, 0.1) is 0 Å². The van der Waals surface area contributed by atoms with Gasteiger partial charge < -0.3 is 13.5 Å². The minimum absolute atomic E-state index is 0.0687. The van der Waals surface area contributed by atoms with E-state index in [0.29, 0.717) is 12.1 Å². The quantitative estimate of drug-likeness (QED) is 0.683. The maximum atomic E-state index is 12.0. The minimum atomic E-state index is -2.38. The summed E-state index contributed by atoms with van der Waals surface area (Å²) in [5.74, 6) is -0.0687. The van der Waals surface area contributed by atoms with Crippen molar-refractivity contribution in [3.8, 4) is 0 Å².